The van der Waals surface area contributed by atoms with Crippen LogP contribution in [-0.2, 0) is 11.3 Å². The Morgan fingerprint density at radius 3 is 2.56 bits per heavy atom. The van der Waals surface area contributed by atoms with Gasteiger partial charge in [0.2, 0.25) is 5.91 Å². The molecule has 1 atom stereocenters. The van der Waals surface area contributed by atoms with Crippen LogP contribution in [0, 0.1) is 13.8 Å². The van der Waals surface area contributed by atoms with Gasteiger partial charge in [-0.05, 0) is 44.0 Å². The lowest BCUT2D eigenvalue weighted by molar-refractivity contribution is -0.119. The lowest BCUT2D eigenvalue weighted by Crippen LogP contribution is -2.27. The average Bonchev–Trinajstić information content (AvgIpc) is 3.20. The number of amides is 1. The number of anilines is 1. The summed E-state index contributed by atoms with van der Waals surface area (Å²) in [6.07, 6.45) is 3.87. The Kier molecular flexibility index (Phi) is 4.92. The summed E-state index contributed by atoms with van der Waals surface area (Å²) in [4.78, 5) is 16.6. The third-order valence-corrected chi connectivity index (χ3v) is 4.06. The lowest BCUT2D eigenvalue weighted by Gasteiger charge is -2.17. The highest BCUT2D eigenvalue weighted by Crippen LogP contribution is 2.18. The van der Waals surface area contributed by atoms with E-state index in [1.54, 1.807) is 15.7 Å². The first-order valence-corrected chi connectivity index (χ1v) is 8.31. The Morgan fingerprint density at radius 2 is 2.00 bits per heavy atom. The van der Waals surface area contributed by atoms with E-state index in [2.05, 4.69) is 20.5 Å². The Hall–Kier alpha value is -2.96. The van der Waals surface area contributed by atoms with E-state index in [-0.39, 0.29) is 11.9 Å². The van der Waals surface area contributed by atoms with Gasteiger partial charge in [-0.3, -0.25) is 9.48 Å². The van der Waals surface area contributed by atoms with Gasteiger partial charge in [0.25, 0.3) is 0 Å². The van der Waals surface area contributed by atoms with Gasteiger partial charge in [0.1, 0.15) is 18.7 Å². The van der Waals surface area contributed by atoms with Crippen LogP contribution in [0.2, 0.25) is 0 Å². The number of carbonyl (C=O) groups is 1. The molecule has 25 heavy (non-hydrogen) atoms. The third-order valence-electron chi connectivity index (χ3n) is 4.06. The minimum atomic E-state index is -0.316. The molecule has 7 heteroatoms. The van der Waals surface area contributed by atoms with Gasteiger partial charge in [-0.2, -0.15) is 10.2 Å². The molecule has 1 aromatic carbocycles. The fourth-order valence-corrected chi connectivity index (χ4v) is 2.85. The number of aryl methyl sites for hydroxylation is 2. The van der Waals surface area contributed by atoms with E-state index in [0.29, 0.717) is 13.0 Å². The average molecular weight is 338 g/mol. The molecule has 0 radical (unpaired) electrons. The highest BCUT2D eigenvalue weighted by Gasteiger charge is 2.21. The largest absolute Gasteiger partial charge is 0.324 e. The van der Waals surface area contributed by atoms with Crippen molar-refractivity contribution in [2.45, 2.75) is 39.8 Å². The molecular formula is C18H22N6O. The van der Waals surface area contributed by atoms with Crippen molar-refractivity contribution < 1.29 is 4.79 Å². The van der Waals surface area contributed by atoms with Crippen molar-refractivity contribution in [3.05, 3.63) is 59.9 Å². The summed E-state index contributed by atoms with van der Waals surface area (Å²) in [5, 5.41) is 11.5. The highest BCUT2D eigenvalue weighted by atomic mass is 16.2. The van der Waals surface area contributed by atoms with Gasteiger partial charge in [0.15, 0.2) is 0 Å². The molecule has 0 aliphatic heterocycles. The van der Waals surface area contributed by atoms with Gasteiger partial charge >= 0.3 is 0 Å². The maximum absolute atomic E-state index is 12.7. The van der Waals surface area contributed by atoms with Gasteiger partial charge in [0, 0.05) is 11.4 Å². The molecular weight excluding hydrogens is 316 g/mol. The van der Waals surface area contributed by atoms with Crippen molar-refractivity contribution in [2.24, 2.45) is 0 Å². The number of hydrogen-bond donors (Lipinski definition) is 1. The van der Waals surface area contributed by atoms with Crippen molar-refractivity contribution in [1.82, 2.24) is 24.5 Å². The first kappa shape index (κ1) is 16.9. The van der Waals surface area contributed by atoms with Gasteiger partial charge in [0.05, 0.1) is 12.2 Å². The second-order valence-corrected chi connectivity index (χ2v) is 6.07. The van der Waals surface area contributed by atoms with Gasteiger partial charge < -0.3 is 5.32 Å². The summed E-state index contributed by atoms with van der Waals surface area (Å²) in [6, 6.07) is 9.41. The van der Waals surface area contributed by atoms with Crippen LogP contribution in [0.3, 0.4) is 0 Å². The monoisotopic (exact) mass is 338 g/mol. The van der Waals surface area contributed by atoms with E-state index in [1.165, 1.54) is 6.33 Å². The summed E-state index contributed by atoms with van der Waals surface area (Å²) in [5.74, 6) is -0.0577. The molecule has 7 nitrogen and oxygen atoms in total. The van der Waals surface area contributed by atoms with Crippen LogP contribution in [0.4, 0.5) is 5.69 Å². The maximum Gasteiger partial charge on any atom is 0.249 e. The molecule has 0 saturated heterocycles. The molecule has 1 N–H and O–H groups in total. The summed E-state index contributed by atoms with van der Waals surface area (Å²) >= 11 is 0. The number of carbonyl (C=O) groups excluding carboxylic acids is 1. The van der Waals surface area contributed by atoms with Crippen LogP contribution in [0.25, 0.3) is 0 Å². The van der Waals surface area contributed by atoms with Crippen molar-refractivity contribution in [3.63, 3.8) is 0 Å². The summed E-state index contributed by atoms with van der Waals surface area (Å²) in [7, 11) is 0. The predicted octanol–water partition coefficient (Wildman–Crippen LogP) is 2.73. The smallest absolute Gasteiger partial charge is 0.249 e. The molecule has 1 amide bonds. The quantitative estimate of drug-likeness (QED) is 0.749. The molecule has 3 rings (SSSR count). The van der Waals surface area contributed by atoms with Crippen LogP contribution in [-0.4, -0.2) is 30.5 Å². The number of benzene rings is 1. The second kappa shape index (κ2) is 7.29. The van der Waals surface area contributed by atoms with E-state index >= 15 is 0 Å². The molecule has 0 aliphatic rings. The Morgan fingerprint density at radius 1 is 1.24 bits per heavy atom. The third kappa shape index (κ3) is 3.93. The molecule has 0 saturated carbocycles. The fraction of sp³-hybridized carbons (Fsp3) is 0.333. The van der Waals surface area contributed by atoms with E-state index in [0.717, 1.165) is 22.6 Å². The van der Waals surface area contributed by atoms with Crippen LogP contribution in [0.15, 0.2) is 43.0 Å². The predicted molar refractivity (Wildman–Crippen MR) is 95.2 cm³/mol. The molecule has 2 aromatic heterocycles. The Balaban J connectivity index is 1.68. The van der Waals surface area contributed by atoms with Gasteiger partial charge in [-0.15, -0.1) is 0 Å². The van der Waals surface area contributed by atoms with Crippen molar-refractivity contribution >= 4 is 11.6 Å². The zero-order valence-electron chi connectivity index (χ0n) is 14.7. The van der Waals surface area contributed by atoms with Crippen molar-refractivity contribution in [3.8, 4) is 0 Å². The fourth-order valence-electron chi connectivity index (χ4n) is 2.85. The second-order valence-electron chi connectivity index (χ2n) is 6.07. The molecule has 0 bridgehead atoms. The van der Waals surface area contributed by atoms with Crippen LogP contribution in [0.1, 0.15) is 36.3 Å². The standard InChI is InChI=1S/C18H22N6O/c1-4-17(24-14(3)9-13(2)22-24)18(25)21-16-7-5-15(6-8-16)10-23-12-19-11-20-23/h5-9,11-12,17H,4,10H2,1-3H3,(H,21,25). The minimum Gasteiger partial charge on any atom is -0.324 e. The number of aromatic nitrogens is 5. The summed E-state index contributed by atoms with van der Waals surface area (Å²) in [6.45, 7) is 6.54. The zero-order valence-corrected chi connectivity index (χ0v) is 14.7. The lowest BCUT2D eigenvalue weighted by atomic mass is 10.1. The van der Waals surface area contributed by atoms with Crippen LogP contribution >= 0.6 is 0 Å². The minimum absolute atomic E-state index is 0.0577. The van der Waals surface area contributed by atoms with E-state index in [1.807, 2.05) is 51.1 Å². The number of hydrogen-bond acceptors (Lipinski definition) is 4. The summed E-state index contributed by atoms with van der Waals surface area (Å²) < 4.78 is 3.55. The van der Waals surface area contributed by atoms with Crippen LogP contribution < -0.4 is 5.32 Å². The highest BCUT2D eigenvalue weighted by molar-refractivity contribution is 5.93. The molecule has 0 fully saturated rings. The number of rotatable bonds is 6. The maximum atomic E-state index is 12.7. The first-order valence-electron chi connectivity index (χ1n) is 8.31. The Labute approximate surface area is 146 Å². The summed E-state index contributed by atoms with van der Waals surface area (Å²) in [5.41, 5.74) is 3.77. The van der Waals surface area contributed by atoms with E-state index in [4.69, 9.17) is 0 Å². The van der Waals surface area contributed by atoms with Crippen LogP contribution in [0.5, 0.6) is 0 Å². The zero-order chi connectivity index (χ0) is 17.8. The van der Waals surface area contributed by atoms with E-state index < -0.39 is 0 Å². The SMILES string of the molecule is CCC(C(=O)Nc1ccc(Cn2cncn2)cc1)n1nc(C)cc1C. The molecule has 0 aliphatic carbocycles. The topological polar surface area (TPSA) is 77.6 Å². The van der Waals surface area contributed by atoms with Gasteiger partial charge in [-0.25, -0.2) is 9.67 Å². The molecule has 2 heterocycles. The first-order chi connectivity index (χ1) is 12.1. The molecule has 130 valence electrons. The molecule has 0 spiro atoms. The van der Waals surface area contributed by atoms with Crippen molar-refractivity contribution in [2.75, 3.05) is 5.32 Å². The van der Waals surface area contributed by atoms with E-state index in [9.17, 15) is 4.79 Å². The normalized spacial score (nSPS) is 12.1. The number of nitrogens with one attached hydrogen (secondary N) is 1. The number of nitrogens with zero attached hydrogens (tertiary/aromatic N) is 5. The molecule has 3 aromatic rings. The Bertz CT molecular complexity index is 835. The van der Waals surface area contributed by atoms with Crippen molar-refractivity contribution in [1.29, 1.82) is 0 Å². The molecule has 1 unspecified atom stereocenters. The van der Waals surface area contributed by atoms with Gasteiger partial charge in [-0.1, -0.05) is 19.1 Å².